The van der Waals surface area contributed by atoms with Gasteiger partial charge in [0.1, 0.15) is 11.4 Å². The van der Waals surface area contributed by atoms with Crippen molar-refractivity contribution in [3.8, 4) is 5.75 Å². The molecule has 0 spiro atoms. The highest BCUT2D eigenvalue weighted by atomic mass is 127. The molecule has 170 valence electrons. The first-order valence-electron chi connectivity index (χ1n) is 11.2. The molecule has 2 heterocycles. The lowest BCUT2D eigenvalue weighted by molar-refractivity contribution is 0.476. The molecule has 9 rings (SSSR count). The fourth-order valence-electron chi connectivity index (χ4n) is 6.50. The summed E-state index contributed by atoms with van der Waals surface area (Å²) in [5.74, 6) is 0.145. The van der Waals surface area contributed by atoms with Gasteiger partial charge in [0.15, 0.2) is 0 Å². The molecule has 8 heteroatoms. The first kappa shape index (κ1) is 20.7. The lowest BCUT2D eigenvalue weighted by Gasteiger charge is -2.10. The van der Waals surface area contributed by atoms with E-state index in [-0.39, 0.29) is 11.3 Å². The molecular weight excluding hydrogens is 714 g/mol. The molecule has 7 aromatic carbocycles. The Kier molecular flexibility index (Phi) is 3.90. The van der Waals surface area contributed by atoms with Crippen molar-refractivity contribution in [3.05, 3.63) is 65.0 Å². The molecule has 36 heavy (non-hydrogen) atoms. The molecule has 0 amide bonds. The van der Waals surface area contributed by atoms with Crippen LogP contribution in [0.5, 0.6) is 5.75 Å². The van der Waals surface area contributed by atoms with Crippen molar-refractivity contribution in [1.29, 1.82) is 0 Å². The number of rotatable bonds is 2. The van der Waals surface area contributed by atoms with Crippen LogP contribution in [0.1, 0.15) is 0 Å². The van der Waals surface area contributed by atoms with E-state index in [0.717, 1.165) is 27.1 Å². The van der Waals surface area contributed by atoms with Gasteiger partial charge in [0, 0.05) is 63.7 Å². The molecule has 0 fully saturated rings. The quantitative estimate of drug-likeness (QED) is 0.143. The summed E-state index contributed by atoms with van der Waals surface area (Å²) in [5.41, 5.74) is 1.96. The van der Waals surface area contributed by atoms with Crippen LogP contribution in [0.15, 0.2) is 69.2 Å². The molecular formula is C28H10I2N2O2S2. The lowest BCUT2D eigenvalue weighted by atomic mass is 9.95. The number of hydrogen-bond acceptors (Lipinski definition) is 5. The zero-order valence-electron chi connectivity index (χ0n) is 18.0. The van der Waals surface area contributed by atoms with E-state index in [1.165, 1.54) is 52.9 Å². The maximum atomic E-state index is 14.2. The number of aromatic nitrogens is 2. The number of fused-ring (bicyclic) bond motifs is 7. The Bertz CT molecular complexity index is 2430. The first-order chi connectivity index (χ1) is 17.6. The Hall–Kier alpha value is -2.28. The van der Waals surface area contributed by atoms with Gasteiger partial charge < -0.3 is 5.11 Å². The average molecular weight is 724 g/mol. The number of hydrogen-bond donors (Lipinski definition) is 1. The smallest absolute Gasteiger partial charge is 0.265 e. The second-order valence-corrected chi connectivity index (χ2v) is 13.2. The molecule has 4 nitrogen and oxygen atoms in total. The highest BCUT2D eigenvalue weighted by Gasteiger charge is 2.29. The third-order valence-electron chi connectivity index (χ3n) is 7.79. The van der Waals surface area contributed by atoms with Gasteiger partial charge in [-0.05, 0) is 78.1 Å². The molecule has 2 aromatic heterocycles. The summed E-state index contributed by atoms with van der Waals surface area (Å²) in [6, 6.07) is 18.4. The third kappa shape index (κ3) is 2.20. The maximum Gasteiger partial charge on any atom is 0.265 e. The second kappa shape index (κ2) is 6.77. The van der Waals surface area contributed by atoms with Crippen LogP contribution < -0.4 is 5.56 Å². The zero-order chi connectivity index (χ0) is 24.0. The lowest BCUT2D eigenvalue weighted by Crippen LogP contribution is -2.05. The molecule has 9 aromatic rings. The van der Waals surface area contributed by atoms with Gasteiger partial charge in [-0.1, -0.05) is 42.1 Å². The number of benzene rings is 6. The molecule has 1 N–H and O–H groups in total. The molecule has 0 unspecified atom stereocenters. The SMILES string of the molecule is O=c1c2c3cc(SI)c4ccc5ccc6c(SI)cc(c7c6c5c4c37)c2c2nc3cc(O)ccc3n12. The van der Waals surface area contributed by atoms with E-state index in [1.54, 1.807) is 40.5 Å². The summed E-state index contributed by atoms with van der Waals surface area (Å²) in [7, 11) is 3.41. The van der Waals surface area contributed by atoms with Gasteiger partial charge in [-0.3, -0.25) is 9.20 Å². The van der Waals surface area contributed by atoms with Crippen LogP contribution >= 0.6 is 60.3 Å². The molecule has 0 aliphatic heterocycles. The van der Waals surface area contributed by atoms with Gasteiger partial charge in [0.2, 0.25) is 0 Å². The van der Waals surface area contributed by atoms with Gasteiger partial charge in [-0.15, -0.1) is 0 Å². The minimum absolute atomic E-state index is 0.0502. The van der Waals surface area contributed by atoms with E-state index in [4.69, 9.17) is 4.98 Å². The van der Waals surface area contributed by atoms with Crippen LogP contribution in [0, 0.1) is 0 Å². The van der Waals surface area contributed by atoms with Gasteiger partial charge in [-0.25, -0.2) is 4.98 Å². The monoisotopic (exact) mass is 724 g/mol. The second-order valence-electron chi connectivity index (χ2n) is 9.32. The number of aromatic hydroxyl groups is 1. The van der Waals surface area contributed by atoms with Crippen LogP contribution in [-0.4, -0.2) is 14.5 Å². The molecule has 0 saturated carbocycles. The summed E-state index contributed by atoms with van der Waals surface area (Å²) in [4.78, 5) is 21.4. The van der Waals surface area contributed by atoms with E-state index < -0.39 is 0 Å². The summed E-state index contributed by atoms with van der Waals surface area (Å²) >= 11 is 4.71. The number of phenolic OH excluding ortho intramolecular Hbond substituents is 1. The molecule has 0 atom stereocenters. The molecule has 0 saturated heterocycles. The Morgan fingerprint density at radius 1 is 0.694 bits per heavy atom. The van der Waals surface area contributed by atoms with Crippen molar-refractivity contribution < 1.29 is 5.11 Å². The number of phenols is 1. The van der Waals surface area contributed by atoms with Crippen molar-refractivity contribution in [2.75, 3.05) is 0 Å². The zero-order valence-corrected chi connectivity index (χ0v) is 24.0. The topological polar surface area (TPSA) is 54.6 Å². The van der Waals surface area contributed by atoms with Crippen LogP contribution in [0.4, 0.5) is 0 Å². The number of halogens is 2. The average Bonchev–Trinajstić information content (AvgIpc) is 3.53. The minimum Gasteiger partial charge on any atom is -0.508 e. The normalized spacial score (nSPS) is 13.2. The van der Waals surface area contributed by atoms with Crippen molar-refractivity contribution >= 4 is 142 Å². The largest absolute Gasteiger partial charge is 0.508 e. The Morgan fingerprint density at radius 2 is 1.31 bits per heavy atom. The van der Waals surface area contributed by atoms with Crippen LogP contribution in [0.2, 0.25) is 0 Å². The molecule has 0 radical (unpaired) electrons. The fourth-order valence-corrected chi connectivity index (χ4v) is 9.52. The Balaban J connectivity index is 1.73. The van der Waals surface area contributed by atoms with E-state index in [2.05, 4.69) is 78.8 Å². The minimum atomic E-state index is -0.0502. The van der Waals surface area contributed by atoms with Gasteiger partial charge in [0.05, 0.1) is 16.4 Å². The predicted octanol–water partition coefficient (Wildman–Crippen LogP) is 9.11. The third-order valence-corrected chi connectivity index (χ3v) is 11.6. The summed E-state index contributed by atoms with van der Waals surface area (Å²) in [6.07, 6.45) is 0. The van der Waals surface area contributed by atoms with Gasteiger partial charge >= 0.3 is 0 Å². The highest BCUT2D eigenvalue weighted by molar-refractivity contribution is 14.2. The number of nitrogens with zero attached hydrogens (tertiary/aromatic N) is 2. The maximum absolute atomic E-state index is 14.2. The summed E-state index contributed by atoms with van der Waals surface area (Å²) < 4.78 is 1.73. The summed E-state index contributed by atoms with van der Waals surface area (Å²) in [6.45, 7) is 0. The van der Waals surface area contributed by atoms with Gasteiger partial charge in [0.25, 0.3) is 5.56 Å². The van der Waals surface area contributed by atoms with Crippen LogP contribution in [0.3, 0.4) is 0 Å². The molecule has 0 aliphatic carbocycles. The first-order valence-corrected chi connectivity index (χ1v) is 17.9. The Labute approximate surface area is 234 Å². The van der Waals surface area contributed by atoms with Gasteiger partial charge in [-0.2, -0.15) is 0 Å². The Morgan fingerprint density at radius 3 is 1.94 bits per heavy atom. The van der Waals surface area contributed by atoms with Crippen molar-refractivity contribution in [2.45, 2.75) is 9.79 Å². The van der Waals surface area contributed by atoms with E-state index in [0.29, 0.717) is 11.2 Å². The van der Waals surface area contributed by atoms with E-state index >= 15 is 0 Å². The molecule has 0 aliphatic rings. The van der Waals surface area contributed by atoms with Crippen molar-refractivity contribution in [1.82, 2.24) is 9.38 Å². The van der Waals surface area contributed by atoms with E-state index in [1.807, 2.05) is 0 Å². The summed E-state index contributed by atoms with van der Waals surface area (Å²) in [5, 5.41) is 23.8. The van der Waals surface area contributed by atoms with Crippen LogP contribution in [0.25, 0.3) is 81.3 Å². The highest BCUT2D eigenvalue weighted by Crippen LogP contribution is 2.55. The van der Waals surface area contributed by atoms with Crippen LogP contribution in [-0.2, 0) is 0 Å². The number of imidazole rings is 1. The standard InChI is InChI=1S/C28H10I2N2O2S2/c29-35-18-8-14-23-21-12(18)4-1-10-2-5-13-19(36-30)9-15(24(23)22(13)20(10)21)26-25(14)27-31-16-7-11(33)3-6-17(16)32(27)28(26)34/h1-9,33H. The van der Waals surface area contributed by atoms with Crippen molar-refractivity contribution in [3.63, 3.8) is 0 Å². The van der Waals surface area contributed by atoms with E-state index in [9.17, 15) is 9.90 Å². The molecule has 0 bridgehead atoms. The predicted molar refractivity (Wildman–Crippen MR) is 170 cm³/mol. The fraction of sp³-hybridized carbons (Fsp3) is 0. The van der Waals surface area contributed by atoms with Crippen molar-refractivity contribution in [2.24, 2.45) is 0 Å².